The van der Waals surface area contributed by atoms with Crippen molar-refractivity contribution in [2.45, 2.75) is 24.6 Å². The fourth-order valence-electron chi connectivity index (χ4n) is 4.00. The number of benzene rings is 1. The molecule has 0 unspecified atom stereocenters. The predicted octanol–water partition coefficient (Wildman–Crippen LogP) is 3.22. The number of imidazole rings is 1. The molecule has 1 saturated heterocycles. The minimum Gasteiger partial charge on any atom is -0.386 e. The van der Waals surface area contributed by atoms with Crippen molar-refractivity contribution >= 4 is 22.8 Å². The van der Waals surface area contributed by atoms with Gasteiger partial charge in [-0.25, -0.2) is 14.4 Å². The molecule has 170 valence electrons. The number of anilines is 1. The molecular formula is C21H21F4N5O2. The van der Waals surface area contributed by atoms with Crippen LogP contribution in [0, 0.1) is 5.82 Å². The van der Waals surface area contributed by atoms with Gasteiger partial charge in [0.2, 0.25) is 5.82 Å². The summed E-state index contributed by atoms with van der Waals surface area (Å²) in [6, 6.07) is 6.89. The van der Waals surface area contributed by atoms with Crippen LogP contribution in [0.15, 0.2) is 36.5 Å². The second-order valence-corrected chi connectivity index (χ2v) is 8.06. The van der Waals surface area contributed by atoms with Gasteiger partial charge >= 0.3 is 6.18 Å². The molecule has 7 nitrogen and oxygen atoms in total. The number of H-pyrrole nitrogens is 1. The maximum atomic E-state index is 13.1. The normalized spacial score (nSPS) is 19.4. The van der Waals surface area contributed by atoms with E-state index in [2.05, 4.69) is 15.0 Å². The van der Waals surface area contributed by atoms with Gasteiger partial charge in [-0.2, -0.15) is 13.2 Å². The van der Waals surface area contributed by atoms with Crippen molar-refractivity contribution in [1.29, 1.82) is 0 Å². The Kier molecular flexibility index (Phi) is 5.53. The van der Waals surface area contributed by atoms with Crippen LogP contribution in [-0.2, 0) is 6.18 Å². The van der Waals surface area contributed by atoms with Crippen LogP contribution in [-0.4, -0.2) is 63.1 Å². The maximum Gasteiger partial charge on any atom is 0.449 e. The summed E-state index contributed by atoms with van der Waals surface area (Å²) >= 11 is 0. The molecule has 1 aromatic carbocycles. The molecule has 2 N–H and O–H groups in total. The lowest BCUT2D eigenvalue weighted by molar-refractivity contribution is -0.144. The molecule has 0 bridgehead atoms. The summed E-state index contributed by atoms with van der Waals surface area (Å²) in [5.41, 5.74) is -0.847. The van der Waals surface area contributed by atoms with Gasteiger partial charge in [0.25, 0.3) is 5.91 Å². The number of aromatic nitrogens is 3. The Hall–Kier alpha value is -3.21. The molecule has 0 saturated carbocycles. The van der Waals surface area contributed by atoms with Crippen LogP contribution in [0.4, 0.5) is 23.4 Å². The molecule has 2 aromatic heterocycles. The summed E-state index contributed by atoms with van der Waals surface area (Å²) in [5.74, 6) is -1.50. The first-order valence-electron chi connectivity index (χ1n) is 9.95. The van der Waals surface area contributed by atoms with Gasteiger partial charge in [0.1, 0.15) is 11.6 Å². The molecule has 32 heavy (non-hydrogen) atoms. The SMILES string of the molecule is CN(C[C@]1(O)CCCN(c2ccc(F)cn2)C1)C(=O)c1ccc2nc(C(F)(F)F)[nH]c2c1. The number of carbonyl (C=O) groups is 1. The maximum absolute atomic E-state index is 13.1. The summed E-state index contributed by atoms with van der Waals surface area (Å²) in [6.45, 7) is 0.854. The third-order valence-corrected chi connectivity index (χ3v) is 5.47. The first-order chi connectivity index (χ1) is 15.0. The zero-order chi connectivity index (χ0) is 23.1. The van der Waals surface area contributed by atoms with Gasteiger partial charge in [0.05, 0.1) is 29.4 Å². The summed E-state index contributed by atoms with van der Waals surface area (Å²) in [7, 11) is 1.52. The average Bonchev–Trinajstić information content (AvgIpc) is 3.17. The number of amides is 1. The van der Waals surface area contributed by atoms with Crippen LogP contribution in [0.3, 0.4) is 0 Å². The van der Waals surface area contributed by atoms with Crippen LogP contribution < -0.4 is 4.90 Å². The van der Waals surface area contributed by atoms with Crippen LogP contribution in [0.25, 0.3) is 11.0 Å². The molecule has 1 fully saturated rings. The lowest BCUT2D eigenvalue weighted by Gasteiger charge is -2.41. The first kappa shape index (κ1) is 22.0. The second-order valence-electron chi connectivity index (χ2n) is 8.06. The summed E-state index contributed by atoms with van der Waals surface area (Å²) < 4.78 is 51.7. The number of hydrogen-bond donors (Lipinski definition) is 2. The number of piperidine rings is 1. The van der Waals surface area contributed by atoms with E-state index in [0.29, 0.717) is 25.2 Å². The largest absolute Gasteiger partial charge is 0.449 e. The summed E-state index contributed by atoms with van der Waals surface area (Å²) in [4.78, 5) is 25.8. The number of likely N-dealkylation sites (N-methyl/N-ethyl adjacent to an activating group) is 1. The van der Waals surface area contributed by atoms with E-state index in [-0.39, 0.29) is 29.7 Å². The molecule has 3 aromatic rings. The lowest BCUT2D eigenvalue weighted by Crippen LogP contribution is -2.54. The Morgan fingerprint density at radius 1 is 1.31 bits per heavy atom. The minimum absolute atomic E-state index is 0.0122. The third-order valence-electron chi connectivity index (χ3n) is 5.47. The number of hydrogen-bond acceptors (Lipinski definition) is 5. The van der Waals surface area contributed by atoms with Gasteiger partial charge in [-0.15, -0.1) is 0 Å². The van der Waals surface area contributed by atoms with Crippen LogP contribution in [0.2, 0.25) is 0 Å². The minimum atomic E-state index is -4.62. The molecule has 1 atom stereocenters. The van der Waals surface area contributed by atoms with E-state index in [0.717, 1.165) is 6.20 Å². The number of alkyl halides is 3. The van der Waals surface area contributed by atoms with Gasteiger partial charge in [0, 0.05) is 25.7 Å². The molecular weight excluding hydrogens is 430 g/mol. The molecule has 0 radical (unpaired) electrons. The summed E-state index contributed by atoms with van der Waals surface area (Å²) in [5, 5.41) is 11.1. The van der Waals surface area contributed by atoms with Crippen LogP contribution in [0.5, 0.6) is 0 Å². The van der Waals surface area contributed by atoms with Gasteiger partial charge in [-0.05, 0) is 43.2 Å². The smallest absolute Gasteiger partial charge is 0.386 e. The van der Waals surface area contributed by atoms with E-state index in [1.54, 1.807) is 0 Å². The number of pyridine rings is 1. The van der Waals surface area contributed by atoms with E-state index >= 15 is 0 Å². The molecule has 1 aliphatic rings. The monoisotopic (exact) mass is 451 g/mol. The van der Waals surface area contributed by atoms with Crippen molar-refractivity contribution in [3.8, 4) is 0 Å². The fourth-order valence-corrected chi connectivity index (χ4v) is 4.00. The van der Waals surface area contributed by atoms with Crippen molar-refractivity contribution in [1.82, 2.24) is 19.9 Å². The Balaban J connectivity index is 1.48. The lowest BCUT2D eigenvalue weighted by atomic mass is 9.92. The van der Waals surface area contributed by atoms with E-state index in [9.17, 15) is 27.5 Å². The Bertz CT molecular complexity index is 1130. The van der Waals surface area contributed by atoms with Gasteiger partial charge in [0.15, 0.2) is 0 Å². The average molecular weight is 451 g/mol. The van der Waals surface area contributed by atoms with Crippen molar-refractivity contribution in [2.75, 3.05) is 31.6 Å². The number of aliphatic hydroxyl groups is 1. The molecule has 4 rings (SSSR count). The number of rotatable bonds is 4. The molecule has 3 heterocycles. The number of aromatic amines is 1. The molecule has 11 heteroatoms. The number of fused-ring (bicyclic) bond motifs is 1. The zero-order valence-electron chi connectivity index (χ0n) is 17.2. The van der Waals surface area contributed by atoms with Crippen molar-refractivity contribution in [3.63, 3.8) is 0 Å². The fraction of sp³-hybridized carbons (Fsp3) is 0.381. The standard InChI is InChI=1S/C21H21F4N5O2/c1-29(11-20(32)7-2-8-30(12-20)17-6-4-14(22)10-26-17)18(31)13-3-5-15-16(9-13)28-19(27-15)21(23,24)25/h3-6,9-10,32H,2,7-8,11-12H2,1H3,(H,27,28)/t20-/m1/s1. The van der Waals surface area contributed by atoms with Gasteiger partial charge in [-0.3, -0.25) is 4.79 Å². The van der Waals surface area contributed by atoms with Gasteiger partial charge < -0.3 is 19.9 Å². The van der Waals surface area contributed by atoms with Crippen molar-refractivity contribution < 1.29 is 27.5 Å². The van der Waals surface area contributed by atoms with E-state index in [4.69, 9.17) is 0 Å². The number of carbonyl (C=O) groups excluding carboxylic acids is 1. The zero-order valence-corrected chi connectivity index (χ0v) is 17.2. The Labute approximate surface area is 180 Å². The van der Waals surface area contributed by atoms with Gasteiger partial charge in [-0.1, -0.05) is 0 Å². The number of nitrogens with zero attached hydrogens (tertiary/aromatic N) is 4. The van der Waals surface area contributed by atoms with E-state index in [1.807, 2.05) is 4.90 Å². The van der Waals surface area contributed by atoms with Crippen LogP contribution >= 0.6 is 0 Å². The molecule has 0 aliphatic carbocycles. The quantitative estimate of drug-likeness (QED) is 0.595. The van der Waals surface area contributed by atoms with Crippen molar-refractivity contribution in [2.24, 2.45) is 0 Å². The first-order valence-corrected chi connectivity index (χ1v) is 9.95. The molecule has 1 amide bonds. The second kappa shape index (κ2) is 8.05. The highest BCUT2D eigenvalue weighted by Crippen LogP contribution is 2.29. The third kappa shape index (κ3) is 4.52. The molecule has 1 aliphatic heterocycles. The number of halogens is 4. The van der Waals surface area contributed by atoms with Crippen LogP contribution in [0.1, 0.15) is 29.0 Å². The van der Waals surface area contributed by atoms with E-state index in [1.165, 1.54) is 42.3 Å². The Morgan fingerprint density at radius 3 is 2.78 bits per heavy atom. The number of nitrogens with one attached hydrogen (secondary N) is 1. The highest BCUT2D eigenvalue weighted by Gasteiger charge is 2.37. The van der Waals surface area contributed by atoms with E-state index < -0.39 is 29.3 Å². The highest BCUT2D eigenvalue weighted by atomic mass is 19.4. The summed E-state index contributed by atoms with van der Waals surface area (Å²) in [6.07, 6.45) is -2.40. The predicted molar refractivity (Wildman–Crippen MR) is 109 cm³/mol. The Morgan fingerprint density at radius 2 is 2.09 bits per heavy atom. The van der Waals surface area contributed by atoms with Crippen molar-refractivity contribution in [3.05, 3.63) is 53.7 Å². The topological polar surface area (TPSA) is 85.3 Å². The highest BCUT2D eigenvalue weighted by molar-refractivity contribution is 5.97. The molecule has 0 spiro atoms. The number of β-amino-alcohol motifs (C(OH)–C–C–N with tert-alkyl or cyclic N) is 1.